The predicted octanol–water partition coefficient (Wildman–Crippen LogP) is 2.89. The molecule has 5 heteroatoms. The van der Waals surface area contributed by atoms with Crippen molar-refractivity contribution in [2.24, 2.45) is 5.92 Å². The van der Waals surface area contributed by atoms with E-state index in [-0.39, 0.29) is 22.2 Å². The predicted molar refractivity (Wildman–Crippen MR) is 86.2 cm³/mol. The van der Waals surface area contributed by atoms with Gasteiger partial charge in [0.25, 0.3) is 0 Å². The van der Waals surface area contributed by atoms with E-state index in [1.165, 1.54) is 0 Å². The molecule has 0 amide bonds. The van der Waals surface area contributed by atoms with Gasteiger partial charge in [-0.3, -0.25) is 14.0 Å². The van der Waals surface area contributed by atoms with Gasteiger partial charge in [0.1, 0.15) is 5.69 Å². The largest absolute Gasteiger partial charge is 0.292 e. The van der Waals surface area contributed by atoms with Gasteiger partial charge < -0.3 is 0 Å². The first-order valence-electron chi connectivity index (χ1n) is 7.88. The van der Waals surface area contributed by atoms with Gasteiger partial charge >= 0.3 is 0 Å². The molecule has 2 aliphatic heterocycles. The minimum absolute atomic E-state index is 0.0385. The van der Waals surface area contributed by atoms with E-state index in [0.29, 0.717) is 5.69 Å². The average molecular weight is 314 g/mol. The van der Waals surface area contributed by atoms with E-state index in [0.717, 1.165) is 43.1 Å². The van der Waals surface area contributed by atoms with Crippen LogP contribution < -0.4 is 0 Å². The van der Waals surface area contributed by atoms with Crippen molar-refractivity contribution >= 4 is 27.6 Å². The number of benzene rings is 1. The number of hydrogen-bond acceptors (Lipinski definition) is 4. The molecule has 0 aliphatic carbocycles. The fraction of sp³-hybridized carbons (Fsp3) is 0.471. The molecule has 0 saturated carbocycles. The summed E-state index contributed by atoms with van der Waals surface area (Å²) in [4.78, 5) is 21.6. The Morgan fingerprint density at radius 2 is 1.77 bits per heavy atom. The van der Waals surface area contributed by atoms with Gasteiger partial charge in [0.05, 0.1) is 17.2 Å². The summed E-state index contributed by atoms with van der Waals surface area (Å²) in [5, 5.41) is 0.407. The Kier molecular flexibility index (Phi) is 3.53. The minimum atomic E-state index is -0.740. The Morgan fingerprint density at radius 3 is 2.50 bits per heavy atom. The number of Topliss-reactive ketones (excluding diaryl/α,β-unsaturated/α-hetero) is 1. The molecule has 4 rings (SSSR count). The lowest BCUT2D eigenvalue weighted by molar-refractivity contribution is 0.0890. The number of nitrogens with zero attached hydrogens (tertiary/aromatic N) is 2. The van der Waals surface area contributed by atoms with Gasteiger partial charge in [0, 0.05) is 27.2 Å². The second-order valence-electron chi connectivity index (χ2n) is 6.28. The van der Waals surface area contributed by atoms with Crippen molar-refractivity contribution in [3.05, 3.63) is 36.2 Å². The Balaban J connectivity index is 1.61. The van der Waals surface area contributed by atoms with Gasteiger partial charge in [-0.25, -0.2) is 4.98 Å². The quantitative estimate of drug-likeness (QED) is 0.800. The number of hydrogen-bond donors (Lipinski definition) is 0. The maximum atomic E-state index is 12.8. The van der Waals surface area contributed by atoms with Gasteiger partial charge in [0.15, 0.2) is 5.78 Å². The van der Waals surface area contributed by atoms with Crippen molar-refractivity contribution in [3.63, 3.8) is 0 Å². The van der Waals surface area contributed by atoms with Crippen LogP contribution in [0.5, 0.6) is 0 Å². The molecule has 2 atom stereocenters. The molecule has 3 heterocycles. The molecular formula is C17H18N2O2S. The number of ketones is 1. The fourth-order valence-corrected chi connectivity index (χ4v) is 5.92. The standard InChI is InChI=1S/C17H18N2O2S/c20-17(11-8-12-4-3-5-13(9-11)22(12)21)16-10-18-14-6-1-2-7-15(14)19-16/h1-2,6-7,10-13H,3-5,8-9H2. The normalized spacial score (nSPS) is 31.1. The topological polar surface area (TPSA) is 59.9 Å². The molecule has 4 nitrogen and oxygen atoms in total. The van der Waals surface area contributed by atoms with Crippen molar-refractivity contribution in [1.29, 1.82) is 0 Å². The Morgan fingerprint density at radius 1 is 1.09 bits per heavy atom. The van der Waals surface area contributed by atoms with Gasteiger partial charge in [-0.2, -0.15) is 0 Å². The van der Waals surface area contributed by atoms with E-state index in [1.54, 1.807) is 6.20 Å². The van der Waals surface area contributed by atoms with E-state index >= 15 is 0 Å². The van der Waals surface area contributed by atoms with E-state index in [4.69, 9.17) is 0 Å². The first-order valence-corrected chi connectivity index (χ1v) is 9.15. The molecule has 2 unspecified atom stereocenters. The van der Waals surface area contributed by atoms with Crippen molar-refractivity contribution < 1.29 is 9.00 Å². The van der Waals surface area contributed by atoms with Crippen LogP contribution in [0.3, 0.4) is 0 Å². The second-order valence-corrected chi connectivity index (χ2v) is 8.27. The molecule has 2 aliphatic rings. The Hall–Kier alpha value is -1.62. The van der Waals surface area contributed by atoms with Crippen molar-refractivity contribution in [3.8, 4) is 0 Å². The summed E-state index contributed by atoms with van der Waals surface area (Å²) in [6, 6.07) is 7.59. The average Bonchev–Trinajstić information content (AvgIpc) is 2.53. The lowest BCUT2D eigenvalue weighted by Crippen LogP contribution is -2.41. The third-order valence-corrected chi connectivity index (χ3v) is 7.05. The molecule has 114 valence electrons. The van der Waals surface area contributed by atoms with E-state index in [1.807, 2.05) is 24.3 Å². The summed E-state index contributed by atoms with van der Waals surface area (Å²) in [5.41, 5.74) is 2.02. The Labute approximate surface area is 131 Å². The van der Waals surface area contributed by atoms with Crippen LogP contribution in [0.15, 0.2) is 30.5 Å². The molecule has 0 N–H and O–H groups in total. The van der Waals surface area contributed by atoms with Crippen LogP contribution in [0.1, 0.15) is 42.6 Å². The lowest BCUT2D eigenvalue weighted by Gasteiger charge is -2.37. The summed E-state index contributed by atoms with van der Waals surface area (Å²) >= 11 is 0. The highest BCUT2D eigenvalue weighted by Crippen LogP contribution is 2.38. The van der Waals surface area contributed by atoms with Gasteiger partial charge in [0.2, 0.25) is 0 Å². The molecule has 0 radical (unpaired) electrons. The van der Waals surface area contributed by atoms with E-state index in [2.05, 4.69) is 9.97 Å². The van der Waals surface area contributed by atoms with Crippen LogP contribution in [0.2, 0.25) is 0 Å². The maximum absolute atomic E-state index is 12.8. The van der Waals surface area contributed by atoms with Crippen LogP contribution in [0, 0.1) is 5.92 Å². The zero-order valence-electron chi connectivity index (χ0n) is 12.3. The smallest absolute Gasteiger partial charge is 0.185 e. The highest BCUT2D eigenvalue weighted by atomic mass is 32.2. The zero-order chi connectivity index (χ0) is 15.1. The monoisotopic (exact) mass is 314 g/mol. The molecule has 2 fully saturated rings. The van der Waals surface area contributed by atoms with Gasteiger partial charge in [-0.15, -0.1) is 0 Å². The molecule has 2 bridgehead atoms. The highest BCUT2D eigenvalue weighted by molar-refractivity contribution is 7.86. The molecule has 2 saturated heterocycles. The molecule has 1 aromatic heterocycles. The third kappa shape index (κ3) is 2.37. The number of rotatable bonds is 2. The van der Waals surface area contributed by atoms with Gasteiger partial charge in [-0.05, 0) is 37.8 Å². The number of fused-ring (bicyclic) bond motifs is 3. The van der Waals surface area contributed by atoms with Crippen LogP contribution in [0.25, 0.3) is 11.0 Å². The number of para-hydroxylation sites is 2. The Bertz CT molecular complexity index is 745. The number of carbonyl (C=O) groups excluding carboxylic acids is 1. The van der Waals surface area contributed by atoms with Gasteiger partial charge in [-0.1, -0.05) is 18.6 Å². The first kappa shape index (κ1) is 14.0. The molecule has 2 aromatic rings. The SMILES string of the molecule is O=C(c1cnc2ccccc2n1)C1CC2CCCC(C1)S2=O. The minimum Gasteiger partial charge on any atom is -0.292 e. The molecular weight excluding hydrogens is 296 g/mol. The van der Waals surface area contributed by atoms with Crippen molar-refractivity contribution in [2.75, 3.05) is 0 Å². The number of aromatic nitrogens is 2. The highest BCUT2D eigenvalue weighted by Gasteiger charge is 2.40. The lowest BCUT2D eigenvalue weighted by atomic mass is 9.86. The van der Waals surface area contributed by atoms with Crippen molar-refractivity contribution in [2.45, 2.75) is 42.6 Å². The summed E-state index contributed by atoms with van der Waals surface area (Å²) in [6.45, 7) is 0. The first-order chi connectivity index (χ1) is 10.7. The van der Waals surface area contributed by atoms with Crippen LogP contribution in [0.4, 0.5) is 0 Å². The van der Waals surface area contributed by atoms with Crippen LogP contribution in [-0.2, 0) is 10.8 Å². The van der Waals surface area contributed by atoms with E-state index in [9.17, 15) is 9.00 Å². The summed E-state index contributed by atoms with van der Waals surface area (Å²) in [5.74, 6) is 0.0373. The number of carbonyl (C=O) groups is 1. The summed E-state index contributed by atoms with van der Waals surface area (Å²) in [6.07, 6.45) is 6.23. The summed E-state index contributed by atoms with van der Waals surface area (Å²) < 4.78 is 12.3. The van der Waals surface area contributed by atoms with Crippen LogP contribution >= 0.6 is 0 Å². The van der Waals surface area contributed by atoms with Crippen LogP contribution in [-0.4, -0.2) is 30.5 Å². The fourth-order valence-electron chi connectivity index (χ4n) is 3.73. The zero-order valence-corrected chi connectivity index (χ0v) is 13.1. The maximum Gasteiger partial charge on any atom is 0.185 e. The second kappa shape index (κ2) is 5.54. The summed E-state index contributed by atoms with van der Waals surface area (Å²) in [7, 11) is -0.740. The van der Waals surface area contributed by atoms with E-state index < -0.39 is 10.8 Å². The third-order valence-electron chi connectivity index (χ3n) is 4.88. The van der Waals surface area contributed by atoms with Crippen molar-refractivity contribution in [1.82, 2.24) is 9.97 Å². The molecule has 0 spiro atoms. The molecule has 1 aromatic carbocycles. The molecule has 22 heavy (non-hydrogen) atoms.